The molecular formula is C12H23NS. The van der Waals surface area contributed by atoms with Crippen LogP contribution in [0, 0.1) is 0 Å². The van der Waals surface area contributed by atoms with Crippen molar-refractivity contribution < 1.29 is 0 Å². The quantitative estimate of drug-likeness (QED) is 0.685. The summed E-state index contributed by atoms with van der Waals surface area (Å²) in [5, 5.41) is 0.908. The van der Waals surface area contributed by atoms with E-state index in [1.165, 1.54) is 31.3 Å². The third kappa shape index (κ3) is 5.06. The summed E-state index contributed by atoms with van der Waals surface area (Å²) >= 11 is 2.09. The molecule has 0 amide bonds. The molecule has 0 spiro atoms. The summed E-state index contributed by atoms with van der Waals surface area (Å²) in [7, 11) is 0. The molecule has 82 valence electrons. The van der Waals surface area contributed by atoms with Gasteiger partial charge in [0.1, 0.15) is 0 Å². The molecule has 1 atom stereocenters. The van der Waals surface area contributed by atoms with Crippen LogP contribution in [0.2, 0.25) is 0 Å². The van der Waals surface area contributed by atoms with Crippen LogP contribution in [0.3, 0.4) is 0 Å². The Hall–Kier alpha value is 0.0500. The number of nitrogens with two attached hydrogens (primary N) is 1. The van der Waals surface area contributed by atoms with Crippen molar-refractivity contribution in [3.63, 3.8) is 0 Å². The molecule has 14 heavy (non-hydrogen) atoms. The van der Waals surface area contributed by atoms with Gasteiger partial charge in [0.05, 0.1) is 0 Å². The molecule has 0 aromatic rings. The van der Waals surface area contributed by atoms with Crippen LogP contribution in [0.1, 0.15) is 45.4 Å². The van der Waals surface area contributed by atoms with E-state index in [0.29, 0.717) is 6.04 Å². The molecular weight excluding hydrogens is 190 g/mol. The smallest absolute Gasteiger partial charge is 0.0133 e. The van der Waals surface area contributed by atoms with Gasteiger partial charge < -0.3 is 5.73 Å². The standard InChI is InChI=1S/C12H23NS/c1-10(2)7-8-11(13)9-14-12-5-3-4-6-12/h11-12H,1,3-9,13H2,2H3. The minimum atomic E-state index is 0.372. The Labute approximate surface area is 92.5 Å². The van der Waals surface area contributed by atoms with Crippen molar-refractivity contribution in [3.8, 4) is 0 Å². The summed E-state index contributed by atoms with van der Waals surface area (Å²) in [5.41, 5.74) is 7.29. The Morgan fingerprint density at radius 1 is 1.50 bits per heavy atom. The topological polar surface area (TPSA) is 26.0 Å². The lowest BCUT2D eigenvalue weighted by molar-refractivity contribution is 0.670. The van der Waals surface area contributed by atoms with Crippen LogP contribution in [-0.2, 0) is 0 Å². The molecule has 2 N–H and O–H groups in total. The Morgan fingerprint density at radius 2 is 2.14 bits per heavy atom. The molecule has 1 unspecified atom stereocenters. The van der Waals surface area contributed by atoms with Crippen molar-refractivity contribution in [1.29, 1.82) is 0 Å². The first kappa shape index (κ1) is 12.1. The highest BCUT2D eigenvalue weighted by Crippen LogP contribution is 2.29. The maximum absolute atomic E-state index is 6.04. The lowest BCUT2D eigenvalue weighted by Gasteiger charge is -2.14. The van der Waals surface area contributed by atoms with Gasteiger partial charge in [0, 0.05) is 17.0 Å². The average Bonchev–Trinajstić information content (AvgIpc) is 2.63. The number of allylic oxidation sites excluding steroid dienone is 1. The van der Waals surface area contributed by atoms with E-state index in [4.69, 9.17) is 5.73 Å². The Morgan fingerprint density at radius 3 is 2.71 bits per heavy atom. The number of hydrogen-bond acceptors (Lipinski definition) is 2. The molecule has 2 heteroatoms. The fraction of sp³-hybridized carbons (Fsp3) is 0.833. The van der Waals surface area contributed by atoms with Gasteiger partial charge in [0.25, 0.3) is 0 Å². The third-order valence-electron chi connectivity index (χ3n) is 2.79. The fourth-order valence-corrected chi connectivity index (χ4v) is 3.18. The van der Waals surface area contributed by atoms with Gasteiger partial charge in [-0.15, -0.1) is 6.58 Å². The predicted octanol–water partition coefficient (Wildman–Crippen LogP) is 3.35. The molecule has 0 aromatic heterocycles. The summed E-state index contributed by atoms with van der Waals surface area (Å²) in [6.07, 6.45) is 7.88. The van der Waals surface area contributed by atoms with Crippen LogP contribution in [0.15, 0.2) is 12.2 Å². The van der Waals surface area contributed by atoms with Crippen molar-refractivity contribution >= 4 is 11.8 Å². The molecule has 1 rings (SSSR count). The van der Waals surface area contributed by atoms with E-state index >= 15 is 0 Å². The van der Waals surface area contributed by atoms with E-state index in [2.05, 4.69) is 25.3 Å². The first-order valence-corrected chi connectivity index (χ1v) is 6.75. The first-order chi connectivity index (χ1) is 6.68. The van der Waals surface area contributed by atoms with Crippen LogP contribution >= 0.6 is 11.8 Å². The number of rotatable bonds is 6. The van der Waals surface area contributed by atoms with E-state index in [1.54, 1.807) is 0 Å². The second kappa shape index (κ2) is 6.52. The van der Waals surface area contributed by atoms with Crippen molar-refractivity contribution in [2.24, 2.45) is 5.73 Å². The zero-order chi connectivity index (χ0) is 10.4. The maximum atomic E-state index is 6.04. The lowest BCUT2D eigenvalue weighted by atomic mass is 10.1. The molecule has 1 fully saturated rings. The summed E-state index contributed by atoms with van der Waals surface area (Å²) in [4.78, 5) is 0. The van der Waals surface area contributed by atoms with Crippen molar-refractivity contribution in [3.05, 3.63) is 12.2 Å². The molecule has 0 heterocycles. The van der Waals surface area contributed by atoms with E-state index in [1.807, 2.05) is 0 Å². The minimum absolute atomic E-state index is 0.372. The highest BCUT2D eigenvalue weighted by atomic mass is 32.2. The normalized spacial score (nSPS) is 19.9. The van der Waals surface area contributed by atoms with E-state index < -0.39 is 0 Å². The molecule has 0 radical (unpaired) electrons. The van der Waals surface area contributed by atoms with Gasteiger partial charge in [-0.1, -0.05) is 18.4 Å². The SMILES string of the molecule is C=C(C)CCC(N)CSC1CCCC1. The summed E-state index contributed by atoms with van der Waals surface area (Å²) in [6, 6.07) is 0.372. The van der Waals surface area contributed by atoms with E-state index in [9.17, 15) is 0 Å². The second-order valence-corrected chi connectivity index (χ2v) is 5.83. The van der Waals surface area contributed by atoms with E-state index in [0.717, 1.165) is 23.8 Å². The Kier molecular flexibility index (Phi) is 5.64. The fourth-order valence-electron chi connectivity index (χ4n) is 1.83. The van der Waals surface area contributed by atoms with Gasteiger partial charge in [-0.25, -0.2) is 0 Å². The highest BCUT2D eigenvalue weighted by Gasteiger charge is 2.16. The first-order valence-electron chi connectivity index (χ1n) is 5.70. The highest BCUT2D eigenvalue weighted by molar-refractivity contribution is 7.99. The predicted molar refractivity (Wildman–Crippen MR) is 66.7 cm³/mol. The Bertz CT molecular complexity index is 173. The molecule has 1 saturated carbocycles. The molecule has 0 aliphatic heterocycles. The molecule has 1 aliphatic rings. The number of thioether (sulfide) groups is 1. The monoisotopic (exact) mass is 213 g/mol. The van der Waals surface area contributed by atoms with E-state index in [-0.39, 0.29) is 0 Å². The third-order valence-corrected chi connectivity index (χ3v) is 4.35. The Balaban J connectivity index is 2.02. The zero-order valence-electron chi connectivity index (χ0n) is 9.30. The average molecular weight is 213 g/mol. The summed E-state index contributed by atoms with van der Waals surface area (Å²) < 4.78 is 0. The van der Waals surface area contributed by atoms with Crippen LogP contribution in [0.4, 0.5) is 0 Å². The molecule has 0 saturated heterocycles. The van der Waals surface area contributed by atoms with Crippen LogP contribution < -0.4 is 5.73 Å². The minimum Gasteiger partial charge on any atom is -0.327 e. The van der Waals surface area contributed by atoms with Gasteiger partial charge in [0.15, 0.2) is 0 Å². The van der Waals surface area contributed by atoms with Gasteiger partial charge >= 0.3 is 0 Å². The van der Waals surface area contributed by atoms with Crippen LogP contribution in [0.25, 0.3) is 0 Å². The van der Waals surface area contributed by atoms with Gasteiger partial charge in [-0.05, 0) is 32.6 Å². The summed E-state index contributed by atoms with van der Waals surface area (Å²) in [6.45, 7) is 5.98. The lowest BCUT2D eigenvalue weighted by Crippen LogP contribution is -2.23. The second-order valence-electron chi connectivity index (χ2n) is 4.50. The van der Waals surface area contributed by atoms with Gasteiger partial charge in [-0.2, -0.15) is 11.8 Å². The number of hydrogen-bond donors (Lipinski definition) is 1. The zero-order valence-corrected chi connectivity index (χ0v) is 10.1. The van der Waals surface area contributed by atoms with Gasteiger partial charge in [0.2, 0.25) is 0 Å². The summed E-state index contributed by atoms with van der Waals surface area (Å²) in [5.74, 6) is 1.14. The van der Waals surface area contributed by atoms with Crippen LogP contribution in [-0.4, -0.2) is 17.0 Å². The van der Waals surface area contributed by atoms with Crippen molar-refractivity contribution in [2.75, 3.05) is 5.75 Å². The van der Waals surface area contributed by atoms with Crippen LogP contribution in [0.5, 0.6) is 0 Å². The van der Waals surface area contributed by atoms with Gasteiger partial charge in [-0.3, -0.25) is 0 Å². The van der Waals surface area contributed by atoms with Crippen molar-refractivity contribution in [1.82, 2.24) is 0 Å². The molecule has 1 nitrogen and oxygen atoms in total. The molecule has 0 aromatic carbocycles. The largest absolute Gasteiger partial charge is 0.327 e. The molecule has 0 bridgehead atoms. The van der Waals surface area contributed by atoms with Crippen molar-refractivity contribution in [2.45, 2.75) is 56.7 Å². The molecule has 1 aliphatic carbocycles. The maximum Gasteiger partial charge on any atom is 0.0133 e.